The molecule has 0 radical (unpaired) electrons. The highest BCUT2D eigenvalue weighted by molar-refractivity contribution is 5.17. The zero-order valence-corrected chi connectivity index (χ0v) is 12.2. The Morgan fingerprint density at radius 3 is 2.33 bits per heavy atom. The molecule has 0 saturated heterocycles. The summed E-state index contributed by atoms with van der Waals surface area (Å²) in [5, 5.41) is 0. The summed E-state index contributed by atoms with van der Waals surface area (Å²) in [7, 11) is 0. The standard InChI is InChI=1S/C18H28/c1-16(2)10-9-12-17(3)11-7-8-15-18-13-5-4-6-14-18/h4-8,13-14,16-17H,9-12,15H2,1-3H3. The first-order chi connectivity index (χ1) is 8.68. The summed E-state index contributed by atoms with van der Waals surface area (Å²) < 4.78 is 0. The monoisotopic (exact) mass is 244 g/mol. The molecule has 0 spiro atoms. The van der Waals surface area contributed by atoms with E-state index >= 15 is 0 Å². The smallest absolute Gasteiger partial charge is 0.00975 e. The highest BCUT2D eigenvalue weighted by atomic mass is 14.1. The minimum absolute atomic E-state index is 0.829. The first kappa shape index (κ1) is 15.0. The molecule has 1 aromatic rings. The van der Waals surface area contributed by atoms with Crippen molar-refractivity contribution in [2.24, 2.45) is 11.8 Å². The Morgan fingerprint density at radius 2 is 1.67 bits per heavy atom. The van der Waals surface area contributed by atoms with Gasteiger partial charge in [0.05, 0.1) is 0 Å². The number of hydrogen-bond donors (Lipinski definition) is 0. The molecule has 100 valence electrons. The van der Waals surface area contributed by atoms with Crippen LogP contribution >= 0.6 is 0 Å². The van der Waals surface area contributed by atoms with Gasteiger partial charge in [0, 0.05) is 0 Å². The normalized spacial score (nSPS) is 13.3. The quantitative estimate of drug-likeness (QED) is 0.519. The molecule has 1 atom stereocenters. The van der Waals surface area contributed by atoms with Crippen molar-refractivity contribution in [1.82, 2.24) is 0 Å². The van der Waals surface area contributed by atoms with E-state index in [1.54, 1.807) is 0 Å². The van der Waals surface area contributed by atoms with Gasteiger partial charge < -0.3 is 0 Å². The van der Waals surface area contributed by atoms with Crippen molar-refractivity contribution in [2.75, 3.05) is 0 Å². The van der Waals surface area contributed by atoms with Crippen LogP contribution in [0.1, 0.15) is 52.0 Å². The first-order valence-corrected chi connectivity index (χ1v) is 7.37. The van der Waals surface area contributed by atoms with Gasteiger partial charge in [-0.3, -0.25) is 0 Å². The highest BCUT2D eigenvalue weighted by Crippen LogP contribution is 2.15. The average molecular weight is 244 g/mol. The Labute approximate surface area is 113 Å². The fourth-order valence-corrected chi connectivity index (χ4v) is 2.15. The van der Waals surface area contributed by atoms with Crippen molar-refractivity contribution in [3.8, 4) is 0 Å². The zero-order valence-electron chi connectivity index (χ0n) is 12.2. The van der Waals surface area contributed by atoms with Crippen LogP contribution < -0.4 is 0 Å². The van der Waals surface area contributed by atoms with E-state index in [0.29, 0.717) is 0 Å². The van der Waals surface area contributed by atoms with Gasteiger partial charge in [-0.2, -0.15) is 0 Å². The summed E-state index contributed by atoms with van der Waals surface area (Å²) in [6, 6.07) is 10.7. The topological polar surface area (TPSA) is 0 Å². The predicted molar refractivity (Wildman–Crippen MR) is 81.8 cm³/mol. The maximum atomic E-state index is 2.37. The summed E-state index contributed by atoms with van der Waals surface area (Å²) in [5.41, 5.74) is 1.40. The highest BCUT2D eigenvalue weighted by Gasteiger charge is 2.00. The Hall–Kier alpha value is -1.04. The summed E-state index contributed by atoms with van der Waals surface area (Å²) in [6.07, 6.45) is 11.1. The lowest BCUT2D eigenvalue weighted by Gasteiger charge is -2.09. The lowest BCUT2D eigenvalue weighted by molar-refractivity contribution is 0.460. The van der Waals surface area contributed by atoms with E-state index in [1.807, 2.05) is 0 Å². The van der Waals surface area contributed by atoms with Crippen LogP contribution in [0.4, 0.5) is 0 Å². The first-order valence-electron chi connectivity index (χ1n) is 7.37. The third kappa shape index (κ3) is 7.32. The molecule has 18 heavy (non-hydrogen) atoms. The molecule has 0 aliphatic rings. The molecule has 0 N–H and O–H groups in total. The predicted octanol–water partition coefficient (Wildman–Crippen LogP) is 5.64. The largest absolute Gasteiger partial charge is 0.0879 e. The van der Waals surface area contributed by atoms with E-state index in [9.17, 15) is 0 Å². The molecule has 1 unspecified atom stereocenters. The third-order valence-electron chi connectivity index (χ3n) is 3.38. The molecule has 0 aliphatic carbocycles. The molecule has 0 bridgehead atoms. The van der Waals surface area contributed by atoms with Gasteiger partial charge >= 0.3 is 0 Å². The van der Waals surface area contributed by atoms with Crippen molar-refractivity contribution in [1.29, 1.82) is 0 Å². The van der Waals surface area contributed by atoms with E-state index in [2.05, 4.69) is 63.3 Å². The van der Waals surface area contributed by atoms with Gasteiger partial charge in [0.2, 0.25) is 0 Å². The lowest BCUT2D eigenvalue weighted by Crippen LogP contribution is -1.95. The summed E-state index contributed by atoms with van der Waals surface area (Å²) in [5.74, 6) is 1.68. The van der Waals surface area contributed by atoms with E-state index < -0.39 is 0 Å². The van der Waals surface area contributed by atoms with Crippen LogP contribution in [-0.4, -0.2) is 0 Å². The molecule has 0 fully saturated rings. The number of benzene rings is 1. The third-order valence-corrected chi connectivity index (χ3v) is 3.38. The Kier molecular flexibility index (Phi) is 7.48. The fourth-order valence-electron chi connectivity index (χ4n) is 2.15. The SMILES string of the molecule is CC(C)CCCC(C)CC=CCc1ccccc1. The van der Waals surface area contributed by atoms with Gasteiger partial charge in [-0.05, 0) is 30.2 Å². The molecule has 1 aromatic carbocycles. The van der Waals surface area contributed by atoms with E-state index in [0.717, 1.165) is 18.3 Å². The van der Waals surface area contributed by atoms with Gasteiger partial charge in [-0.15, -0.1) is 0 Å². The van der Waals surface area contributed by atoms with Crippen molar-refractivity contribution in [2.45, 2.75) is 52.9 Å². The second-order valence-corrected chi connectivity index (χ2v) is 5.83. The lowest BCUT2D eigenvalue weighted by atomic mass is 9.97. The summed E-state index contributed by atoms with van der Waals surface area (Å²) in [6.45, 7) is 6.99. The molecular weight excluding hydrogens is 216 g/mol. The molecule has 0 nitrogen and oxygen atoms in total. The van der Waals surface area contributed by atoms with Crippen molar-refractivity contribution in [3.05, 3.63) is 48.0 Å². The second kappa shape index (κ2) is 8.97. The van der Waals surface area contributed by atoms with E-state index in [-0.39, 0.29) is 0 Å². The molecular formula is C18H28. The molecule has 0 amide bonds. The van der Waals surface area contributed by atoms with Crippen LogP contribution in [0.25, 0.3) is 0 Å². The number of rotatable bonds is 8. The van der Waals surface area contributed by atoms with E-state index in [4.69, 9.17) is 0 Å². The zero-order chi connectivity index (χ0) is 13.2. The van der Waals surface area contributed by atoms with Gasteiger partial charge in [-0.1, -0.05) is 82.5 Å². The molecule has 0 aromatic heterocycles. The van der Waals surface area contributed by atoms with Crippen molar-refractivity contribution < 1.29 is 0 Å². The van der Waals surface area contributed by atoms with Crippen molar-refractivity contribution in [3.63, 3.8) is 0 Å². The maximum absolute atomic E-state index is 2.37. The summed E-state index contributed by atoms with van der Waals surface area (Å²) in [4.78, 5) is 0. The fraction of sp³-hybridized carbons (Fsp3) is 0.556. The van der Waals surface area contributed by atoms with Gasteiger partial charge in [0.15, 0.2) is 0 Å². The van der Waals surface area contributed by atoms with Crippen LogP contribution in [0.2, 0.25) is 0 Å². The van der Waals surface area contributed by atoms with E-state index in [1.165, 1.54) is 31.2 Å². The number of hydrogen-bond acceptors (Lipinski definition) is 0. The van der Waals surface area contributed by atoms with Crippen molar-refractivity contribution >= 4 is 0 Å². The van der Waals surface area contributed by atoms with Gasteiger partial charge in [0.25, 0.3) is 0 Å². The Morgan fingerprint density at radius 1 is 0.944 bits per heavy atom. The van der Waals surface area contributed by atoms with Crippen LogP contribution in [-0.2, 0) is 6.42 Å². The molecule has 0 heterocycles. The van der Waals surface area contributed by atoms with Crippen LogP contribution in [0.5, 0.6) is 0 Å². The van der Waals surface area contributed by atoms with Crippen LogP contribution in [0, 0.1) is 11.8 Å². The second-order valence-electron chi connectivity index (χ2n) is 5.83. The van der Waals surface area contributed by atoms with Gasteiger partial charge in [-0.25, -0.2) is 0 Å². The molecule has 0 heteroatoms. The van der Waals surface area contributed by atoms with Crippen LogP contribution in [0.3, 0.4) is 0 Å². The minimum Gasteiger partial charge on any atom is -0.0879 e. The maximum Gasteiger partial charge on any atom is -0.00975 e. The molecule has 0 aliphatic heterocycles. The average Bonchev–Trinajstić information content (AvgIpc) is 2.35. The Bertz CT molecular complexity index is 321. The number of allylic oxidation sites excluding steroid dienone is 2. The minimum atomic E-state index is 0.829. The summed E-state index contributed by atoms with van der Waals surface area (Å²) >= 11 is 0. The molecule has 0 saturated carbocycles. The Balaban J connectivity index is 2.12. The van der Waals surface area contributed by atoms with Gasteiger partial charge in [0.1, 0.15) is 0 Å². The molecule has 1 rings (SSSR count). The van der Waals surface area contributed by atoms with Crippen LogP contribution in [0.15, 0.2) is 42.5 Å².